The molecule has 0 aliphatic rings. The van der Waals surface area contributed by atoms with Crippen molar-refractivity contribution in [3.63, 3.8) is 0 Å². The van der Waals surface area contributed by atoms with Gasteiger partial charge >= 0.3 is 0 Å². The van der Waals surface area contributed by atoms with Crippen LogP contribution >= 0.6 is 0 Å². The molecular formula is C39H25N3. The summed E-state index contributed by atoms with van der Waals surface area (Å²) < 4.78 is 0. The Kier molecular flexibility index (Phi) is 5.79. The molecule has 7 aromatic carbocycles. The van der Waals surface area contributed by atoms with Crippen LogP contribution < -0.4 is 0 Å². The van der Waals surface area contributed by atoms with Gasteiger partial charge in [0.25, 0.3) is 0 Å². The molecule has 8 aromatic rings. The lowest BCUT2D eigenvalue weighted by Crippen LogP contribution is -2.00. The average Bonchev–Trinajstić information content (AvgIpc) is 3.08. The Morgan fingerprint density at radius 1 is 0.286 bits per heavy atom. The van der Waals surface area contributed by atoms with Crippen LogP contribution in [0.3, 0.4) is 0 Å². The van der Waals surface area contributed by atoms with Crippen LogP contribution in [0.4, 0.5) is 0 Å². The smallest absolute Gasteiger partial charge is 0.164 e. The van der Waals surface area contributed by atoms with Gasteiger partial charge in [-0.05, 0) is 55.6 Å². The summed E-state index contributed by atoms with van der Waals surface area (Å²) in [5, 5.41) is 7.17. The van der Waals surface area contributed by atoms with Gasteiger partial charge in [-0.25, -0.2) is 15.0 Å². The molecule has 0 atom stereocenters. The Bertz CT molecular complexity index is 2240. The standard InChI is InChI=1S/C39H25N3/c1-2-11-28(12-3-1)37-40-38(29-21-18-27(19-22-29)31-23-20-26-10-4-5-13-30(26)24-31)42-39(41-37)36-25-32-14-6-7-15-33(32)34-16-8-9-17-35(34)36/h1-25H. The first-order chi connectivity index (χ1) is 20.8. The summed E-state index contributed by atoms with van der Waals surface area (Å²) in [5.74, 6) is 1.98. The Morgan fingerprint density at radius 2 is 0.810 bits per heavy atom. The van der Waals surface area contributed by atoms with Crippen LogP contribution in [0.5, 0.6) is 0 Å². The highest BCUT2D eigenvalue weighted by Crippen LogP contribution is 2.35. The van der Waals surface area contributed by atoms with Gasteiger partial charge in [-0.3, -0.25) is 0 Å². The van der Waals surface area contributed by atoms with E-state index in [2.05, 4.69) is 121 Å². The van der Waals surface area contributed by atoms with E-state index in [1.165, 1.54) is 27.1 Å². The topological polar surface area (TPSA) is 38.7 Å². The molecular weight excluding hydrogens is 510 g/mol. The van der Waals surface area contributed by atoms with Crippen molar-refractivity contribution in [2.75, 3.05) is 0 Å². The first kappa shape index (κ1) is 24.2. The fourth-order valence-electron chi connectivity index (χ4n) is 5.76. The molecule has 3 heteroatoms. The zero-order valence-electron chi connectivity index (χ0n) is 22.8. The number of benzene rings is 7. The molecule has 0 saturated carbocycles. The maximum atomic E-state index is 5.08. The summed E-state index contributed by atoms with van der Waals surface area (Å²) in [4.78, 5) is 15.1. The number of fused-ring (bicyclic) bond motifs is 4. The van der Waals surface area contributed by atoms with Crippen molar-refractivity contribution in [2.24, 2.45) is 0 Å². The molecule has 3 nitrogen and oxygen atoms in total. The third-order valence-corrected chi connectivity index (χ3v) is 7.90. The van der Waals surface area contributed by atoms with Crippen LogP contribution in [0.25, 0.3) is 77.6 Å². The minimum absolute atomic E-state index is 0.654. The molecule has 42 heavy (non-hydrogen) atoms. The van der Waals surface area contributed by atoms with Crippen molar-refractivity contribution in [1.29, 1.82) is 0 Å². The van der Waals surface area contributed by atoms with Gasteiger partial charge in [0.15, 0.2) is 17.5 Å². The van der Waals surface area contributed by atoms with E-state index in [0.29, 0.717) is 17.5 Å². The predicted molar refractivity (Wildman–Crippen MR) is 174 cm³/mol. The first-order valence-electron chi connectivity index (χ1n) is 14.1. The quantitative estimate of drug-likeness (QED) is 0.211. The van der Waals surface area contributed by atoms with Gasteiger partial charge in [0, 0.05) is 16.7 Å². The zero-order valence-corrected chi connectivity index (χ0v) is 22.8. The van der Waals surface area contributed by atoms with Crippen molar-refractivity contribution in [3.8, 4) is 45.3 Å². The Hall–Kier alpha value is -5.67. The van der Waals surface area contributed by atoms with E-state index in [-0.39, 0.29) is 0 Å². The summed E-state index contributed by atoms with van der Waals surface area (Å²) >= 11 is 0. The first-order valence-corrected chi connectivity index (χ1v) is 14.1. The van der Waals surface area contributed by atoms with Gasteiger partial charge in [0.2, 0.25) is 0 Å². The number of nitrogens with zero attached hydrogens (tertiary/aromatic N) is 3. The van der Waals surface area contributed by atoms with E-state index in [9.17, 15) is 0 Å². The molecule has 196 valence electrons. The predicted octanol–water partition coefficient (Wildman–Crippen LogP) is 10.00. The molecule has 1 aromatic heterocycles. The summed E-state index contributed by atoms with van der Waals surface area (Å²) in [6.07, 6.45) is 0. The highest BCUT2D eigenvalue weighted by molar-refractivity contribution is 6.13. The van der Waals surface area contributed by atoms with E-state index in [4.69, 9.17) is 15.0 Å². The van der Waals surface area contributed by atoms with Crippen molar-refractivity contribution in [2.45, 2.75) is 0 Å². The normalized spacial score (nSPS) is 11.3. The number of hydrogen-bond acceptors (Lipinski definition) is 3. The van der Waals surface area contributed by atoms with E-state index in [1.54, 1.807) is 0 Å². The molecule has 0 fully saturated rings. The van der Waals surface area contributed by atoms with E-state index < -0.39 is 0 Å². The zero-order chi connectivity index (χ0) is 27.9. The summed E-state index contributed by atoms with van der Waals surface area (Å²) in [6.45, 7) is 0. The molecule has 0 aliphatic carbocycles. The van der Waals surface area contributed by atoms with Crippen LogP contribution in [0.2, 0.25) is 0 Å². The van der Waals surface area contributed by atoms with Crippen LogP contribution in [-0.2, 0) is 0 Å². The Labute approximate surface area is 243 Å². The van der Waals surface area contributed by atoms with Crippen LogP contribution in [-0.4, -0.2) is 15.0 Å². The maximum Gasteiger partial charge on any atom is 0.164 e. The van der Waals surface area contributed by atoms with E-state index in [1.807, 2.05) is 30.3 Å². The Morgan fingerprint density at radius 3 is 1.57 bits per heavy atom. The summed E-state index contributed by atoms with van der Waals surface area (Å²) in [6, 6.07) is 52.9. The molecule has 0 radical (unpaired) electrons. The minimum atomic E-state index is 0.654. The SMILES string of the molecule is c1ccc(-c2nc(-c3ccc(-c4ccc5ccccc5c4)cc3)nc(-c3cc4ccccc4c4ccccc34)n2)cc1. The largest absolute Gasteiger partial charge is 0.208 e. The fraction of sp³-hybridized carbons (Fsp3) is 0. The molecule has 0 unspecified atom stereocenters. The second-order valence-corrected chi connectivity index (χ2v) is 10.5. The average molecular weight is 536 g/mol. The molecule has 0 bridgehead atoms. The van der Waals surface area contributed by atoms with Crippen molar-refractivity contribution in [3.05, 3.63) is 152 Å². The van der Waals surface area contributed by atoms with Gasteiger partial charge in [-0.2, -0.15) is 0 Å². The second-order valence-electron chi connectivity index (χ2n) is 10.5. The van der Waals surface area contributed by atoms with Gasteiger partial charge < -0.3 is 0 Å². The number of rotatable bonds is 4. The molecule has 8 rings (SSSR count). The van der Waals surface area contributed by atoms with Crippen molar-refractivity contribution >= 4 is 32.3 Å². The van der Waals surface area contributed by atoms with E-state index in [0.717, 1.165) is 33.0 Å². The van der Waals surface area contributed by atoms with Crippen LogP contribution in [0, 0.1) is 0 Å². The van der Waals surface area contributed by atoms with Gasteiger partial charge in [0.05, 0.1) is 0 Å². The molecule has 1 heterocycles. The highest BCUT2D eigenvalue weighted by Gasteiger charge is 2.16. The van der Waals surface area contributed by atoms with Gasteiger partial charge in [-0.15, -0.1) is 0 Å². The van der Waals surface area contributed by atoms with Crippen molar-refractivity contribution < 1.29 is 0 Å². The summed E-state index contributed by atoms with van der Waals surface area (Å²) in [5.41, 5.74) is 5.25. The van der Waals surface area contributed by atoms with Crippen molar-refractivity contribution in [1.82, 2.24) is 15.0 Å². The maximum absolute atomic E-state index is 5.08. The monoisotopic (exact) mass is 535 g/mol. The Balaban J connectivity index is 1.29. The lowest BCUT2D eigenvalue weighted by Gasteiger charge is -2.12. The molecule has 0 spiro atoms. The van der Waals surface area contributed by atoms with Crippen LogP contribution in [0.1, 0.15) is 0 Å². The minimum Gasteiger partial charge on any atom is -0.208 e. The fourth-order valence-corrected chi connectivity index (χ4v) is 5.76. The lowest BCUT2D eigenvalue weighted by atomic mass is 9.97. The van der Waals surface area contributed by atoms with Gasteiger partial charge in [-0.1, -0.05) is 140 Å². The molecule has 0 N–H and O–H groups in total. The molecule has 0 aliphatic heterocycles. The molecule has 0 amide bonds. The third-order valence-electron chi connectivity index (χ3n) is 7.90. The summed E-state index contributed by atoms with van der Waals surface area (Å²) in [7, 11) is 0. The number of aromatic nitrogens is 3. The number of hydrogen-bond donors (Lipinski definition) is 0. The van der Waals surface area contributed by atoms with E-state index >= 15 is 0 Å². The highest BCUT2D eigenvalue weighted by atomic mass is 15.0. The van der Waals surface area contributed by atoms with Crippen LogP contribution in [0.15, 0.2) is 152 Å². The lowest BCUT2D eigenvalue weighted by molar-refractivity contribution is 1.08. The second kappa shape index (κ2) is 10.1. The third kappa shape index (κ3) is 4.29. The molecule has 0 saturated heterocycles. The van der Waals surface area contributed by atoms with Gasteiger partial charge in [0.1, 0.15) is 0 Å².